The van der Waals surface area contributed by atoms with Crippen LogP contribution in [0.2, 0.25) is 0 Å². The third-order valence-corrected chi connectivity index (χ3v) is 7.71. The van der Waals surface area contributed by atoms with Crippen LogP contribution in [0.1, 0.15) is 54.7 Å². The molecule has 2 fully saturated rings. The summed E-state index contributed by atoms with van der Waals surface area (Å²) in [7, 11) is -4.06. The van der Waals surface area contributed by atoms with Crippen LogP contribution in [0, 0.1) is 5.92 Å². The molecule has 1 aliphatic heterocycles. The Hall–Kier alpha value is -2.46. The highest BCUT2D eigenvalue weighted by molar-refractivity contribution is 7.89. The topological polar surface area (TPSA) is 149 Å². The summed E-state index contributed by atoms with van der Waals surface area (Å²) in [5.74, 6) is 6.31. The van der Waals surface area contributed by atoms with E-state index < -0.39 is 10.0 Å². The Labute approximate surface area is 189 Å². The minimum absolute atomic E-state index is 0.00992. The molecule has 4 rings (SSSR count). The van der Waals surface area contributed by atoms with Crippen molar-refractivity contribution in [3.63, 3.8) is 0 Å². The number of benzene rings is 2. The summed E-state index contributed by atoms with van der Waals surface area (Å²) in [6.07, 6.45) is 6.40. The van der Waals surface area contributed by atoms with Gasteiger partial charge in [0.2, 0.25) is 10.0 Å². The summed E-state index contributed by atoms with van der Waals surface area (Å²) in [6.45, 7) is 1.94. The Morgan fingerprint density at radius 1 is 1.06 bits per heavy atom. The van der Waals surface area contributed by atoms with Crippen LogP contribution in [-0.2, 0) is 16.4 Å². The molecule has 9 heteroatoms. The van der Waals surface area contributed by atoms with Gasteiger partial charge in [0.15, 0.2) is 5.84 Å². The molecule has 1 saturated heterocycles. The fourth-order valence-electron chi connectivity index (χ4n) is 4.89. The van der Waals surface area contributed by atoms with Gasteiger partial charge in [0.05, 0.1) is 4.90 Å². The van der Waals surface area contributed by atoms with E-state index in [0.717, 1.165) is 31.5 Å². The van der Waals surface area contributed by atoms with E-state index in [-0.39, 0.29) is 10.7 Å². The highest BCUT2D eigenvalue weighted by atomic mass is 32.2. The first kappa shape index (κ1) is 22.7. The molecule has 8 N–H and O–H groups in total. The van der Waals surface area contributed by atoms with E-state index in [9.17, 15) is 8.42 Å². The Morgan fingerprint density at radius 2 is 1.75 bits per heavy atom. The predicted octanol–water partition coefficient (Wildman–Crippen LogP) is 1.89. The Kier molecular flexibility index (Phi) is 6.80. The van der Waals surface area contributed by atoms with Gasteiger partial charge in [-0.2, -0.15) is 0 Å². The van der Waals surface area contributed by atoms with Crippen molar-refractivity contribution in [2.45, 2.75) is 49.3 Å². The van der Waals surface area contributed by atoms with E-state index >= 15 is 0 Å². The Balaban J connectivity index is 1.83. The number of nitrogens with one attached hydrogen (secondary N) is 2. The SMILES string of the molecule is NN/N=C(\N)c1c(-c2ccc(C3CNC3)cc2)ccc(CC2CCCCC2)c1S(N)(=O)=O. The van der Waals surface area contributed by atoms with E-state index in [1.807, 2.05) is 24.3 Å². The number of rotatable bonds is 7. The number of hydrogen-bond donors (Lipinski definition) is 5. The second-order valence-corrected chi connectivity index (χ2v) is 10.3. The molecule has 8 nitrogen and oxygen atoms in total. The number of hydrazine groups is 1. The Bertz CT molecular complexity index is 1090. The fraction of sp³-hybridized carbons (Fsp3) is 0.435. The van der Waals surface area contributed by atoms with Crippen molar-refractivity contribution in [2.24, 2.45) is 27.7 Å². The van der Waals surface area contributed by atoms with Gasteiger partial charge >= 0.3 is 0 Å². The molecule has 0 radical (unpaired) electrons. The molecule has 2 aliphatic rings. The highest BCUT2D eigenvalue weighted by Crippen LogP contribution is 2.35. The van der Waals surface area contributed by atoms with Gasteiger partial charge in [-0.1, -0.05) is 68.5 Å². The number of sulfonamides is 1. The van der Waals surface area contributed by atoms with Crippen LogP contribution in [-0.4, -0.2) is 27.3 Å². The minimum Gasteiger partial charge on any atom is -0.382 e. The smallest absolute Gasteiger partial charge is 0.239 e. The number of nitrogens with two attached hydrogens (primary N) is 3. The second-order valence-electron chi connectivity index (χ2n) is 8.83. The summed E-state index contributed by atoms with van der Waals surface area (Å²) >= 11 is 0. The van der Waals surface area contributed by atoms with Crippen molar-refractivity contribution < 1.29 is 8.42 Å². The molecular weight excluding hydrogens is 424 g/mol. The number of nitrogens with zero attached hydrogens (tertiary/aromatic N) is 1. The zero-order valence-electron chi connectivity index (χ0n) is 18.2. The maximum atomic E-state index is 12.8. The number of hydrazone groups is 1. The van der Waals surface area contributed by atoms with E-state index in [1.165, 1.54) is 24.8 Å². The molecule has 1 heterocycles. The molecule has 0 atom stereocenters. The van der Waals surface area contributed by atoms with E-state index in [0.29, 0.717) is 34.9 Å². The first-order chi connectivity index (χ1) is 15.4. The van der Waals surface area contributed by atoms with Gasteiger partial charge in [0.25, 0.3) is 0 Å². The molecule has 0 amide bonds. The lowest BCUT2D eigenvalue weighted by Crippen LogP contribution is -2.39. The van der Waals surface area contributed by atoms with Crippen molar-refractivity contribution in [3.8, 4) is 11.1 Å². The minimum atomic E-state index is -4.06. The van der Waals surface area contributed by atoms with Crippen LogP contribution in [0.5, 0.6) is 0 Å². The number of amidine groups is 1. The molecule has 1 aliphatic carbocycles. The van der Waals surface area contributed by atoms with E-state index in [4.69, 9.17) is 16.7 Å². The second kappa shape index (κ2) is 9.58. The summed E-state index contributed by atoms with van der Waals surface area (Å²) in [5, 5.41) is 12.9. The van der Waals surface area contributed by atoms with Crippen molar-refractivity contribution in [3.05, 3.63) is 53.1 Å². The molecular formula is C23H32N6O2S. The van der Waals surface area contributed by atoms with Crippen LogP contribution in [0.25, 0.3) is 11.1 Å². The van der Waals surface area contributed by atoms with Crippen LogP contribution < -0.4 is 27.6 Å². The van der Waals surface area contributed by atoms with Gasteiger partial charge < -0.3 is 11.1 Å². The average molecular weight is 457 g/mol. The van der Waals surface area contributed by atoms with Crippen LogP contribution in [0.3, 0.4) is 0 Å². The molecule has 0 aromatic heterocycles. The zero-order chi connectivity index (χ0) is 22.7. The van der Waals surface area contributed by atoms with Gasteiger partial charge in [-0.15, -0.1) is 5.10 Å². The van der Waals surface area contributed by atoms with E-state index in [1.54, 1.807) is 0 Å². The number of hydrogen-bond acceptors (Lipinski definition) is 6. The lowest BCUT2D eigenvalue weighted by atomic mass is 9.84. The average Bonchev–Trinajstić information content (AvgIpc) is 2.73. The quantitative estimate of drug-likeness (QED) is 0.186. The molecule has 32 heavy (non-hydrogen) atoms. The largest absolute Gasteiger partial charge is 0.382 e. The summed E-state index contributed by atoms with van der Waals surface area (Å²) in [6, 6.07) is 11.9. The standard InChI is InChI=1S/C23H32N6O2S/c24-23(28-29-25)21-20(17-8-6-16(7-9-17)19-13-27-14-19)11-10-18(22(21)32(26,30)31)12-15-4-2-1-3-5-15/h6-11,15,19,27,29H,1-5,12-14,25H2,(H2,24,28)(H2,26,30,31). The molecule has 172 valence electrons. The number of primary sulfonamides is 1. The van der Waals surface area contributed by atoms with Gasteiger partial charge in [-0.25, -0.2) is 24.9 Å². The molecule has 2 aromatic rings. The third-order valence-electron chi connectivity index (χ3n) is 6.67. The molecule has 0 bridgehead atoms. The molecule has 2 aromatic carbocycles. The van der Waals surface area contributed by atoms with Gasteiger partial charge in [-0.3, -0.25) is 0 Å². The predicted molar refractivity (Wildman–Crippen MR) is 127 cm³/mol. The van der Waals surface area contributed by atoms with Gasteiger partial charge in [-0.05, 0) is 34.6 Å². The van der Waals surface area contributed by atoms with Crippen molar-refractivity contribution in [1.29, 1.82) is 0 Å². The first-order valence-corrected chi connectivity index (χ1v) is 12.7. The molecule has 0 unspecified atom stereocenters. The maximum absolute atomic E-state index is 12.8. The maximum Gasteiger partial charge on any atom is 0.239 e. The first-order valence-electron chi connectivity index (χ1n) is 11.2. The summed E-state index contributed by atoms with van der Waals surface area (Å²) < 4.78 is 25.6. The molecule has 0 spiro atoms. The van der Waals surface area contributed by atoms with Crippen molar-refractivity contribution in [1.82, 2.24) is 10.9 Å². The zero-order valence-corrected chi connectivity index (χ0v) is 19.0. The third kappa shape index (κ3) is 4.80. The lowest BCUT2D eigenvalue weighted by molar-refractivity contribution is 0.355. The fourth-order valence-corrected chi connectivity index (χ4v) is 5.91. The Morgan fingerprint density at radius 3 is 2.31 bits per heavy atom. The summed E-state index contributed by atoms with van der Waals surface area (Å²) in [5.41, 5.74) is 12.2. The van der Waals surface area contributed by atoms with Crippen molar-refractivity contribution in [2.75, 3.05) is 13.1 Å². The molecule has 1 saturated carbocycles. The normalized spacial score (nSPS) is 18.4. The van der Waals surface area contributed by atoms with Gasteiger partial charge in [0.1, 0.15) is 0 Å². The van der Waals surface area contributed by atoms with Crippen LogP contribution in [0.4, 0.5) is 0 Å². The highest BCUT2D eigenvalue weighted by Gasteiger charge is 2.27. The lowest BCUT2D eigenvalue weighted by Gasteiger charge is -2.27. The van der Waals surface area contributed by atoms with Crippen LogP contribution in [0.15, 0.2) is 46.4 Å². The summed E-state index contributed by atoms with van der Waals surface area (Å²) in [4.78, 5) is 0.0457. The van der Waals surface area contributed by atoms with Crippen molar-refractivity contribution >= 4 is 15.9 Å². The van der Waals surface area contributed by atoms with E-state index in [2.05, 4.69) is 28.1 Å². The van der Waals surface area contributed by atoms with Gasteiger partial charge in [0, 0.05) is 24.6 Å². The monoisotopic (exact) mass is 456 g/mol. The van der Waals surface area contributed by atoms with Crippen LogP contribution >= 0.6 is 0 Å².